The zero-order valence-corrected chi connectivity index (χ0v) is 16.8. The minimum atomic E-state index is 0.195. The third-order valence-electron chi connectivity index (χ3n) is 5.66. The molecule has 27 heavy (non-hydrogen) atoms. The lowest BCUT2D eigenvalue weighted by atomic mass is 10.0. The van der Waals surface area contributed by atoms with Crippen molar-refractivity contribution < 1.29 is 14.3 Å². The van der Waals surface area contributed by atoms with E-state index in [1.807, 2.05) is 23.1 Å². The first-order valence-corrected chi connectivity index (χ1v) is 10.4. The van der Waals surface area contributed by atoms with Crippen LogP contribution < -0.4 is 9.47 Å². The molecule has 1 fully saturated rings. The van der Waals surface area contributed by atoms with Crippen LogP contribution in [0.25, 0.3) is 0 Å². The standard InChI is InChI=1S/C21H26N2O3S/c1-25-16-5-6-19(26-2)17(12-16)18-4-3-9-22(18)14-21(24)23-10-7-20-15(13-23)8-11-27-20/h5-6,8,11-12,18H,3-4,7,9-10,13-14H2,1-2H3. The molecule has 1 aromatic carbocycles. The Kier molecular flexibility index (Phi) is 5.36. The van der Waals surface area contributed by atoms with Gasteiger partial charge in [-0.05, 0) is 61.0 Å². The second kappa shape index (κ2) is 7.90. The molecule has 1 saturated heterocycles. The van der Waals surface area contributed by atoms with Gasteiger partial charge in [-0.1, -0.05) is 0 Å². The first-order valence-electron chi connectivity index (χ1n) is 9.48. The molecule has 2 aromatic rings. The number of amides is 1. The Balaban J connectivity index is 1.48. The highest BCUT2D eigenvalue weighted by atomic mass is 32.1. The molecule has 144 valence electrons. The summed E-state index contributed by atoms with van der Waals surface area (Å²) in [7, 11) is 3.37. The van der Waals surface area contributed by atoms with E-state index >= 15 is 0 Å². The van der Waals surface area contributed by atoms with E-state index in [1.165, 1.54) is 10.4 Å². The Labute approximate surface area is 164 Å². The van der Waals surface area contributed by atoms with Crippen molar-refractivity contribution in [2.24, 2.45) is 0 Å². The summed E-state index contributed by atoms with van der Waals surface area (Å²) >= 11 is 1.80. The van der Waals surface area contributed by atoms with Crippen molar-refractivity contribution in [3.8, 4) is 11.5 Å². The highest BCUT2D eigenvalue weighted by molar-refractivity contribution is 7.10. The third-order valence-corrected chi connectivity index (χ3v) is 6.68. The Hall–Kier alpha value is -2.05. The number of carbonyl (C=O) groups is 1. The average molecular weight is 387 g/mol. The molecule has 1 aromatic heterocycles. The Morgan fingerprint density at radius 1 is 1.22 bits per heavy atom. The summed E-state index contributed by atoms with van der Waals surface area (Å²) in [5.74, 6) is 1.91. The maximum Gasteiger partial charge on any atom is 0.237 e. The molecule has 0 aliphatic carbocycles. The van der Waals surface area contributed by atoms with Gasteiger partial charge in [-0.15, -0.1) is 11.3 Å². The van der Waals surface area contributed by atoms with Crippen LogP contribution in [0, 0.1) is 0 Å². The van der Waals surface area contributed by atoms with E-state index in [0.717, 1.165) is 56.0 Å². The van der Waals surface area contributed by atoms with Crippen molar-refractivity contribution in [3.63, 3.8) is 0 Å². The van der Waals surface area contributed by atoms with Gasteiger partial charge in [0.1, 0.15) is 11.5 Å². The van der Waals surface area contributed by atoms with Crippen LogP contribution in [0.3, 0.4) is 0 Å². The first-order chi connectivity index (χ1) is 13.2. The zero-order valence-electron chi connectivity index (χ0n) is 15.9. The van der Waals surface area contributed by atoms with Crippen LogP contribution in [0.15, 0.2) is 29.6 Å². The Bertz CT molecular complexity index is 820. The molecular weight excluding hydrogens is 360 g/mol. The average Bonchev–Trinajstić information content (AvgIpc) is 3.35. The number of carbonyl (C=O) groups excluding carboxylic acids is 1. The first kappa shape index (κ1) is 18.3. The summed E-state index contributed by atoms with van der Waals surface area (Å²) in [5.41, 5.74) is 2.42. The summed E-state index contributed by atoms with van der Waals surface area (Å²) in [4.78, 5) is 18.7. The fourth-order valence-electron chi connectivity index (χ4n) is 4.20. The lowest BCUT2D eigenvalue weighted by Gasteiger charge is -2.31. The van der Waals surface area contributed by atoms with Crippen molar-refractivity contribution >= 4 is 17.2 Å². The van der Waals surface area contributed by atoms with E-state index in [4.69, 9.17) is 9.47 Å². The molecule has 0 radical (unpaired) electrons. The molecule has 1 atom stereocenters. The van der Waals surface area contributed by atoms with Crippen molar-refractivity contribution in [1.29, 1.82) is 0 Å². The molecule has 0 bridgehead atoms. The molecule has 3 heterocycles. The van der Waals surface area contributed by atoms with E-state index in [-0.39, 0.29) is 11.9 Å². The maximum atomic E-state index is 13.0. The van der Waals surface area contributed by atoms with E-state index < -0.39 is 0 Å². The van der Waals surface area contributed by atoms with Crippen molar-refractivity contribution in [2.45, 2.75) is 31.8 Å². The summed E-state index contributed by atoms with van der Waals surface area (Å²) in [6.07, 6.45) is 3.10. The molecule has 1 amide bonds. The van der Waals surface area contributed by atoms with Gasteiger partial charge in [-0.25, -0.2) is 0 Å². The van der Waals surface area contributed by atoms with E-state index in [1.54, 1.807) is 25.6 Å². The summed E-state index contributed by atoms with van der Waals surface area (Å²) < 4.78 is 11.0. The number of likely N-dealkylation sites (tertiary alicyclic amines) is 1. The SMILES string of the molecule is COc1ccc(OC)c(C2CCCN2CC(=O)N2CCc3sccc3C2)c1. The van der Waals surface area contributed by atoms with Crippen molar-refractivity contribution in [2.75, 3.05) is 33.9 Å². The van der Waals surface area contributed by atoms with Crippen LogP contribution >= 0.6 is 11.3 Å². The van der Waals surface area contributed by atoms with Crippen LogP contribution in [0.4, 0.5) is 0 Å². The monoisotopic (exact) mass is 386 g/mol. The van der Waals surface area contributed by atoms with Crippen LogP contribution in [0.2, 0.25) is 0 Å². The topological polar surface area (TPSA) is 42.0 Å². The normalized spacial score (nSPS) is 19.8. The minimum Gasteiger partial charge on any atom is -0.497 e. The predicted octanol–water partition coefficient (Wildman–Crippen LogP) is 3.49. The smallest absolute Gasteiger partial charge is 0.237 e. The predicted molar refractivity (Wildman–Crippen MR) is 107 cm³/mol. The van der Waals surface area contributed by atoms with Gasteiger partial charge < -0.3 is 14.4 Å². The van der Waals surface area contributed by atoms with Gasteiger partial charge in [0.25, 0.3) is 0 Å². The zero-order chi connectivity index (χ0) is 18.8. The number of hydrogen-bond donors (Lipinski definition) is 0. The number of hydrogen-bond acceptors (Lipinski definition) is 5. The third kappa shape index (κ3) is 3.69. The van der Waals surface area contributed by atoms with Crippen LogP contribution in [0.1, 0.15) is 34.9 Å². The molecule has 5 nitrogen and oxygen atoms in total. The van der Waals surface area contributed by atoms with Gasteiger partial charge >= 0.3 is 0 Å². The summed E-state index contributed by atoms with van der Waals surface area (Å²) in [6, 6.07) is 8.26. The number of rotatable bonds is 5. The van der Waals surface area contributed by atoms with Gasteiger partial charge in [0.15, 0.2) is 0 Å². The number of thiophene rings is 1. The van der Waals surface area contributed by atoms with E-state index in [9.17, 15) is 4.79 Å². The largest absolute Gasteiger partial charge is 0.497 e. The molecule has 4 rings (SSSR count). The molecule has 6 heteroatoms. The Morgan fingerprint density at radius 2 is 2.11 bits per heavy atom. The fraction of sp³-hybridized carbons (Fsp3) is 0.476. The van der Waals surface area contributed by atoms with Crippen LogP contribution in [0.5, 0.6) is 11.5 Å². The summed E-state index contributed by atoms with van der Waals surface area (Å²) in [6.45, 7) is 2.98. The molecule has 2 aliphatic heterocycles. The molecular formula is C21H26N2O3S. The van der Waals surface area contributed by atoms with Crippen LogP contribution in [-0.2, 0) is 17.8 Å². The van der Waals surface area contributed by atoms with E-state index in [2.05, 4.69) is 16.3 Å². The summed E-state index contributed by atoms with van der Waals surface area (Å²) in [5, 5.41) is 2.13. The highest BCUT2D eigenvalue weighted by Gasteiger charge is 2.32. The minimum absolute atomic E-state index is 0.195. The quantitative estimate of drug-likeness (QED) is 0.789. The second-order valence-electron chi connectivity index (χ2n) is 7.17. The number of benzene rings is 1. The lowest BCUT2D eigenvalue weighted by Crippen LogP contribution is -2.42. The molecule has 1 unspecified atom stereocenters. The number of methoxy groups -OCH3 is 2. The van der Waals surface area contributed by atoms with Crippen molar-refractivity contribution in [3.05, 3.63) is 45.6 Å². The molecule has 0 saturated carbocycles. The second-order valence-corrected chi connectivity index (χ2v) is 8.17. The lowest BCUT2D eigenvalue weighted by molar-refractivity contribution is -0.133. The van der Waals surface area contributed by atoms with Gasteiger partial charge in [0, 0.05) is 29.6 Å². The van der Waals surface area contributed by atoms with Gasteiger partial charge in [0.2, 0.25) is 5.91 Å². The van der Waals surface area contributed by atoms with Gasteiger partial charge in [-0.2, -0.15) is 0 Å². The number of fused-ring (bicyclic) bond motifs is 1. The molecule has 2 aliphatic rings. The maximum absolute atomic E-state index is 13.0. The van der Waals surface area contributed by atoms with Crippen molar-refractivity contribution in [1.82, 2.24) is 9.80 Å². The number of ether oxygens (including phenoxy) is 2. The molecule has 0 spiro atoms. The fourth-order valence-corrected chi connectivity index (χ4v) is 5.09. The number of nitrogens with zero attached hydrogens (tertiary/aromatic N) is 2. The van der Waals surface area contributed by atoms with Gasteiger partial charge in [0.05, 0.1) is 20.8 Å². The van der Waals surface area contributed by atoms with E-state index in [0.29, 0.717) is 6.54 Å². The van der Waals surface area contributed by atoms with Crippen LogP contribution in [-0.4, -0.2) is 49.6 Å². The highest BCUT2D eigenvalue weighted by Crippen LogP contribution is 2.39. The molecule has 0 N–H and O–H groups in total. The Morgan fingerprint density at radius 3 is 2.93 bits per heavy atom. The van der Waals surface area contributed by atoms with Gasteiger partial charge in [-0.3, -0.25) is 9.69 Å².